The summed E-state index contributed by atoms with van der Waals surface area (Å²) >= 11 is 0. The Kier molecular flexibility index (Phi) is 4.83. The van der Waals surface area contributed by atoms with Crippen molar-refractivity contribution >= 4 is 23.1 Å². The van der Waals surface area contributed by atoms with Crippen LogP contribution < -0.4 is 10.6 Å². The van der Waals surface area contributed by atoms with Crippen LogP contribution in [0.15, 0.2) is 18.2 Å². The number of benzene rings is 1. The van der Waals surface area contributed by atoms with Crippen LogP contribution in [0.2, 0.25) is 0 Å². The Morgan fingerprint density at radius 1 is 1.33 bits per heavy atom. The third-order valence-corrected chi connectivity index (χ3v) is 3.89. The second kappa shape index (κ2) is 6.61. The van der Waals surface area contributed by atoms with Crippen molar-refractivity contribution in [1.29, 1.82) is 0 Å². The average molecular weight is 290 g/mol. The van der Waals surface area contributed by atoms with Crippen molar-refractivity contribution in [1.82, 2.24) is 0 Å². The van der Waals surface area contributed by atoms with Gasteiger partial charge in [-0.05, 0) is 44.9 Å². The van der Waals surface area contributed by atoms with E-state index in [1.54, 1.807) is 12.1 Å². The van der Waals surface area contributed by atoms with Gasteiger partial charge in [0.05, 0.1) is 23.9 Å². The average Bonchev–Trinajstić information content (AvgIpc) is 2.47. The van der Waals surface area contributed by atoms with E-state index >= 15 is 0 Å². The summed E-state index contributed by atoms with van der Waals surface area (Å²) in [7, 11) is 0. The van der Waals surface area contributed by atoms with Crippen LogP contribution in [0.5, 0.6) is 0 Å². The normalized spacial score (nSPS) is 15.8. The number of carbonyl (C=O) groups excluding carboxylic acids is 2. The van der Waals surface area contributed by atoms with E-state index in [2.05, 4.69) is 4.90 Å². The summed E-state index contributed by atoms with van der Waals surface area (Å²) in [6, 6.07) is 5.40. The van der Waals surface area contributed by atoms with Crippen LogP contribution in [0.3, 0.4) is 0 Å². The highest BCUT2D eigenvalue weighted by atomic mass is 16.5. The highest BCUT2D eigenvalue weighted by Gasteiger charge is 2.26. The first kappa shape index (κ1) is 15.4. The molecular weight excluding hydrogens is 268 g/mol. The monoisotopic (exact) mass is 290 g/mol. The Hall–Kier alpha value is -2.04. The number of nitrogens with zero attached hydrogens (tertiary/aromatic N) is 1. The van der Waals surface area contributed by atoms with Gasteiger partial charge in [0.25, 0.3) is 0 Å². The molecule has 0 unspecified atom stereocenters. The van der Waals surface area contributed by atoms with E-state index in [0.717, 1.165) is 31.6 Å². The van der Waals surface area contributed by atoms with Crippen molar-refractivity contribution < 1.29 is 14.3 Å². The molecular formula is C16H22N2O3. The molecule has 0 radical (unpaired) electrons. The third kappa shape index (κ3) is 3.54. The minimum atomic E-state index is -0.1000. The molecule has 5 nitrogen and oxygen atoms in total. The molecule has 0 bridgehead atoms. The predicted molar refractivity (Wildman–Crippen MR) is 82.4 cm³/mol. The molecule has 1 aliphatic rings. The minimum Gasteiger partial charge on any atom is -0.466 e. The zero-order chi connectivity index (χ0) is 15.4. The van der Waals surface area contributed by atoms with Gasteiger partial charge in [0.15, 0.2) is 5.78 Å². The number of ketones is 1. The van der Waals surface area contributed by atoms with Gasteiger partial charge >= 0.3 is 5.97 Å². The molecule has 1 aromatic carbocycles. The van der Waals surface area contributed by atoms with E-state index in [4.69, 9.17) is 10.5 Å². The number of hydrogen-bond donors (Lipinski definition) is 1. The molecule has 1 aromatic rings. The summed E-state index contributed by atoms with van der Waals surface area (Å²) in [4.78, 5) is 25.2. The molecule has 0 aliphatic carbocycles. The highest BCUT2D eigenvalue weighted by Crippen LogP contribution is 2.29. The topological polar surface area (TPSA) is 72.6 Å². The van der Waals surface area contributed by atoms with Crippen LogP contribution >= 0.6 is 0 Å². The molecule has 1 heterocycles. The lowest BCUT2D eigenvalue weighted by Crippen LogP contribution is -2.37. The number of nitrogens with two attached hydrogens (primary N) is 1. The van der Waals surface area contributed by atoms with Crippen LogP contribution in [-0.4, -0.2) is 31.4 Å². The minimum absolute atomic E-state index is 0.00858. The summed E-state index contributed by atoms with van der Waals surface area (Å²) < 4.78 is 5.07. The second-order valence-corrected chi connectivity index (χ2v) is 5.34. The molecule has 1 saturated heterocycles. The van der Waals surface area contributed by atoms with E-state index in [-0.39, 0.29) is 17.7 Å². The number of piperidine rings is 1. The maximum atomic E-state index is 11.7. The predicted octanol–water partition coefficient (Wildman–Crippen LogP) is 2.25. The Labute approximate surface area is 125 Å². The first-order valence-electron chi connectivity index (χ1n) is 7.35. The molecule has 0 atom stereocenters. The van der Waals surface area contributed by atoms with Crippen molar-refractivity contribution in [3.63, 3.8) is 0 Å². The first-order valence-corrected chi connectivity index (χ1v) is 7.35. The van der Waals surface area contributed by atoms with Gasteiger partial charge in [-0.2, -0.15) is 0 Å². The quantitative estimate of drug-likeness (QED) is 0.523. The molecule has 0 spiro atoms. The molecule has 2 rings (SSSR count). The molecule has 0 aromatic heterocycles. The number of nitrogen functional groups attached to an aromatic ring is 1. The summed E-state index contributed by atoms with van der Waals surface area (Å²) in [5.74, 6) is -0.106. The lowest BCUT2D eigenvalue weighted by Gasteiger charge is -2.33. The molecule has 114 valence electrons. The number of carbonyl (C=O) groups is 2. The summed E-state index contributed by atoms with van der Waals surface area (Å²) in [6.07, 6.45) is 1.54. The SMILES string of the molecule is CCOC(=O)C1CCN(c2ccc(C(C)=O)cc2N)CC1. The zero-order valence-electron chi connectivity index (χ0n) is 12.6. The van der Waals surface area contributed by atoms with E-state index in [9.17, 15) is 9.59 Å². The molecule has 0 saturated carbocycles. The van der Waals surface area contributed by atoms with Crippen LogP contribution in [0.4, 0.5) is 11.4 Å². The summed E-state index contributed by atoms with van der Waals surface area (Å²) in [5.41, 5.74) is 8.21. The first-order chi connectivity index (χ1) is 10.0. The van der Waals surface area contributed by atoms with E-state index in [1.165, 1.54) is 6.92 Å². The van der Waals surface area contributed by atoms with Crippen LogP contribution in [0.25, 0.3) is 0 Å². The smallest absolute Gasteiger partial charge is 0.309 e. The molecule has 21 heavy (non-hydrogen) atoms. The van der Waals surface area contributed by atoms with Crippen molar-refractivity contribution in [3.8, 4) is 0 Å². The second-order valence-electron chi connectivity index (χ2n) is 5.34. The number of rotatable bonds is 4. The Bertz CT molecular complexity index is 534. The van der Waals surface area contributed by atoms with Gasteiger partial charge in [0.1, 0.15) is 0 Å². The summed E-state index contributed by atoms with van der Waals surface area (Å²) in [6.45, 7) is 5.32. The van der Waals surface area contributed by atoms with Gasteiger partial charge in [0, 0.05) is 18.7 Å². The van der Waals surface area contributed by atoms with Gasteiger partial charge in [-0.25, -0.2) is 0 Å². The van der Waals surface area contributed by atoms with Gasteiger partial charge in [-0.1, -0.05) is 0 Å². The number of anilines is 2. The third-order valence-electron chi connectivity index (χ3n) is 3.89. The van der Waals surface area contributed by atoms with Gasteiger partial charge in [-0.15, -0.1) is 0 Å². The maximum absolute atomic E-state index is 11.7. The van der Waals surface area contributed by atoms with E-state index in [1.807, 2.05) is 13.0 Å². The van der Waals surface area contributed by atoms with Gasteiger partial charge in [-0.3, -0.25) is 9.59 Å². The van der Waals surface area contributed by atoms with Crippen LogP contribution in [0.1, 0.15) is 37.0 Å². The molecule has 5 heteroatoms. The molecule has 1 aliphatic heterocycles. The van der Waals surface area contributed by atoms with Crippen LogP contribution in [-0.2, 0) is 9.53 Å². The fourth-order valence-corrected chi connectivity index (χ4v) is 2.68. The number of esters is 1. The van der Waals surface area contributed by atoms with Crippen molar-refractivity contribution in [3.05, 3.63) is 23.8 Å². The number of Topliss-reactive ketones (excluding diaryl/α,β-unsaturated/α-hetero) is 1. The number of ether oxygens (including phenoxy) is 1. The Morgan fingerprint density at radius 2 is 2.00 bits per heavy atom. The van der Waals surface area contributed by atoms with E-state index < -0.39 is 0 Å². The van der Waals surface area contributed by atoms with Crippen molar-refractivity contribution in [2.24, 2.45) is 5.92 Å². The lowest BCUT2D eigenvalue weighted by molar-refractivity contribution is -0.148. The fourth-order valence-electron chi connectivity index (χ4n) is 2.68. The fraction of sp³-hybridized carbons (Fsp3) is 0.500. The molecule has 0 amide bonds. The van der Waals surface area contributed by atoms with Gasteiger partial charge in [0.2, 0.25) is 0 Å². The Balaban J connectivity index is 2.02. The standard InChI is InChI=1S/C16H22N2O3/c1-3-21-16(20)12-6-8-18(9-7-12)15-5-4-13(11(2)19)10-14(15)17/h4-5,10,12H,3,6-9,17H2,1-2H3. The number of hydrogen-bond acceptors (Lipinski definition) is 5. The van der Waals surface area contributed by atoms with Gasteiger partial charge < -0.3 is 15.4 Å². The highest BCUT2D eigenvalue weighted by molar-refractivity contribution is 5.96. The largest absolute Gasteiger partial charge is 0.466 e. The summed E-state index contributed by atoms with van der Waals surface area (Å²) in [5, 5.41) is 0. The maximum Gasteiger partial charge on any atom is 0.309 e. The zero-order valence-corrected chi connectivity index (χ0v) is 12.6. The van der Waals surface area contributed by atoms with Crippen molar-refractivity contribution in [2.75, 3.05) is 30.3 Å². The lowest BCUT2D eigenvalue weighted by atomic mass is 9.96. The molecule has 1 fully saturated rings. The van der Waals surface area contributed by atoms with E-state index in [0.29, 0.717) is 17.9 Å². The molecule has 2 N–H and O–H groups in total. The Morgan fingerprint density at radius 3 is 2.52 bits per heavy atom. The van der Waals surface area contributed by atoms with Crippen molar-refractivity contribution in [2.45, 2.75) is 26.7 Å². The van der Waals surface area contributed by atoms with Crippen LogP contribution in [0, 0.1) is 5.92 Å².